The molecular weight excluding hydrogens is 171 g/mol. The van der Waals surface area contributed by atoms with Crippen LogP contribution in [0.2, 0.25) is 0 Å². The topological polar surface area (TPSA) is 41.1 Å². The van der Waals surface area contributed by atoms with Crippen molar-refractivity contribution in [2.24, 2.45) is 0 Å². The van der Waals surface area contributed by atoms with Crippen LogP contribution in [0, 0.1) is 12.7 Å². The number of hydrogen-bond acceptors (Lipinski definition) is 2. The summed E-state index contributed by atoms with van der Waals surface area (Å²) in [6.45, 7) is 1.77. The first kappa shape index (κ1) is 9.67. The molecule has 0 aliphatic carbocycles. The lowest BCUT2D eigenvalue weighted by Gasteiger charge is -2.04. The van der Waals surface area contributed by atoms with Crippen LogP contribution in [0.5, 0.6) is 0 Å². The minimum absolute atomic E-state index is 0.0416. The maximum Gasteiger partial charge on any atom is 0.268 e. The molecule has 0 spiro atoms. The molecule has 4 heteroatoms. The van der Waals surface area contributed by atoms with E-state index in [1.54, 1.807) is 20.0 Å². The second-order valence-corrected chi connectivity index (χ2v) is 2.69. The minimum Gasteiger partial charge on any atom is -0.288 e. The zero-order valence-corrected chi connectivity index (χ0v) is 7.52. The monoisotopic (exact) mass is 182 g/mol. The molecule has 0 bridgehead atoms. The van der Waals surface area contributed by atoms with Crippen molar-refractivity contribution in [1.29, 1.82) is 0 Å². The fraction of sp³-hybridized carbons (Fsp3) is 0.222. The molecule has 1 aromatic carbocycles. The Morgan fingerprint density at radius 2 is 2.15 bits per heavy atom. The molecule has 0 aliphatic rings. The number of nitrogens with one attached hydrogen (secondary N) is 2. The average Bonchev–Trinajstić information content (AvgIpc) is 2.04. The van der Waals surface area contributed by atoms with Crippen molar-refractivity contribution < 1.29 is 9.18 Å². The van der Waals surface area contributed by atoms with E-state index in [2.05, 4.69) is 10.9 Å². The van der Waals surface area contributed by atoms with Crippen LogP contribution in [-0.2, 0) is 0 Å². The van der Waals surface area contributed by atoms with Gasteiger partial charge >= 0.3 is 0 Å². The van der Waals surface area contributed by atoms with Crippen LogP contribution in [-0.4, -0.2) is 13.0 Å². The van der Waals surface area contributed by atoms with Crippen molar-refractivity contribution in [2.75, 3.05) is 7.05 Å². The Morgan fingerprint density at radius 3 is 2.69 bits per heavy atom. The molecule has 1 rings (SSSR count). The maximum absolute atomic E-state index is 13.1. The molecule has 0 aromatic heterocycles. The van der Waals surface area contributed by atoms with Crippen LogP contribution in [0.25, 0.3) is 0 Å². The maximum atomic E-state index is 13.1. The van der Waals surface area contributed by atoms with E-state index in [-0.39, 0.29) is 5.56 Å². The standard InChI is InChI=1S/C9H11FN2O/c1-6-3-4-7(8(10)5-6)9(13)12-11-2/h3-5,11H,1-2H3,(H,12,13). The summed E-state index contributed by atoms with van der Waals surface area (Å²) >= 11 is 0. The summed E-state index contributed by atoms with van der Waals surface area (Å²) < 4.78 is 13.1. The molecule has 1 amide bonds. The number of halogens is 1. The lowest BCUT2D eigenvalue weighted by Crippen LogP contribution is -2.34. The number of carbonyl (C=O) groups excluding carboxylic acids is 1. The molecule has 0 unspecified atom stereocenters. The van der Waals surface area contributed by atoms with E-state index in [1.807, 2.05) is 0 Å². The van der Waals surface area contributed by atoms with Gasteiger partial charge in [0.15, 0.2) is 0 Å². The molecule has 1 aromatic rings. The summed E-state index contributed by atoms with van der Waals surface area (Å²) in [5.74, 6) is -0.979. The van der Waals surface area contributed by atoms with Gasteiger partial charge in [-0.05, 0) is 24.6 Å². The predicted octanol–water partition coefficient (Wildman–Crippen LogP) is 0.998. The van der Waals surface area contributed by atoms with Crippen molar-refractivity contribution in [2.45, 2.75) is 6.92 Å². The van der Waals surface area contributed by atoms with Gasteiger partial charge in [-0.3, -0.25) is 10.2 Å². The van der Waals surface area contributed by atoms with Crippen LogP contribution in [0.4, 0.5) is 4.39 Å². The zero-order chi connectivity index (χ0) is 9.84. The molecule has 0 fully saturated rings. The van der Waals surface area contributed by atoms with Gasteiger partial charge in [0.05, 0.1) is 5.56 Å². The third-order valence-electron chi connectivity index (χ3n) is 1.61. The largest absolute Gasteiger partial charge is 0.288 e. The fourth-order valence-electron chi connectivity index (χ4n) is 0.985. The molecule has 0 saturated heterocycles. The van der Waals surface area contributed by atoms with Crippen molar-refractivity contribution in [3.05, 3.63) is 35.1 Å². The Balaban J connectivity index is 2.95. The van der Waals surface area contributed by atoms with Gasteiger partial charge in [0.1, 0.15) is 5.82 Å². The highest BCUT2D eigenvalue weighted by Crippen LogP contribution is 2.08. The van der Waals surface area contributed by atoms with Gasteiger partial charge < -0.3 is 0 Å². The Labute approximate surface area is 75.9 Å². The van der Waals surface area contributed by atoms with Gasteiger partial charge in [-0.15, -0.1) is 0 Å². The van der Waals surface area contributed by atoms with Crippen molar-refractivity contribution in [1.82, 2.24) is 10.9 Å². The van der Waals surface area contributed by atoms with Crippen molar-refractivity contribution in [3.8, 4) is 0 Å². The average molecular weight is 182 g/mol. The van der Waals surface area contributed by atoms with Crippen molar-refractivity contribution in [3.63, 3.8) is 0 Å². The van der Waals surface area contributed by atoms with Gasteiger partial charge in [-0.2, -0.15) is 0 Å². The molecule has 2 N–H and O–H groups in total. The summed E-state index contributed by atoms with van der Waals surface area (Å²) in [5, 5.41) is 0. The summed E-state index contributed by atoms with van der Waals surface area (Å²) in [7, 11) is 1.55. The summed E-state index contributed by atoms with van der Waals surface area (Å²) in [5.41, 5.74) is 5.57. The van der Waals surface area contributed by atoms with Gasteiger partial charge in [0.2, 0.25) is 0 Å². The van der Waals surface area contributed by atoms with E-state index < -0.39 is 11.7 Å². The molecule has 13 heavy (non-hydrogen) atoms. The zero-order valence-electron chi connectivity index (χ0n) is 7.52. The smallest absolute Gasteiger partial charge is 0.268 e. The molecule has 0 radical (unpaired) electrons. The number of hydrogen-bond donors (Lipinski definition) is 2. The van der Waals surface area contributed by atoms with E-state index in [9.17, 15) is 9.18 Å². The number of aryl methyl sites for hydroxylation is 1. The number of benzene rings is 1. The lowest BCUT2D eigenvalue weighted by molar-refractivity contribution is 0.0934. The Bertz CT molecular complexity index is 325. The van der Waals surface area contributed by atoms with E-state index in [0.29, 0.717) is 0 Å². The number of rotatable bonds is 2. The summed E-state index contributed by atoms with van der Waals surface area (Å²) in [6, 6.07) is 4.47. The summed E-state index contributed by atoms with van der Waals surface area (Å²) in [4.78, 5) is 11.2. The Kier molecular flexibility index (Phi) is 2.97. The van der Waals surface area contributed by atoms with Crippen LogP contribution >= 0.6 is 0 Å². The third kappa shape index (κ3) is 2.26. The molecule has 0 atom stereocenters. The molecule has 0 aliphatic heterocycles. The number of hydrazine groups is 1. The summed E-state index contributed by atoms with van der Waals surface area (Å²) in [6.07, 6.45) is 0. The second kappa shape index (κ2) is 4.00. The highest BCUT2D eigenvalue weighted by Gasteiger charge is 2.09. The normalized spacial score (nSPS) is 9.77. The minimum atomic E-state index is -0.507. The first-order valence-electron chi connectivity index (χ1n) is 3.88. The SMILES string of the molecule is CNNC(=O)c1ccc(C)cc1F. The van der Waals surface area contributed by atoms with Crippen LogP contribution in [0.3, 0.4) is 0 Å². The molecule has 3 nitrogen and oxygen atoms in total. The molecule has 70 valence electrons. The van der Waals surface area contributed by atoms with Crippen LogP contribution in [0.1, 0.15) is 15.9 Å². The van der Waals surface area contributed by atoms with E-state index in [0.717, 1.165) is 5.56 Å². The first-order chi connectivity index (χ1) is 6.15. The second-order valence-electron chi connectivity index (χ2n) is 2.69. The van der Waals surface area contributed by atoms with Crippen LogP contribution in [0.15, 0.2) is 18.2 Å². The van der Waals surface area contributed by atoms with E-state index >= 15 is 0 Å². The Hall–Kier alpha value is -1.42. The highest BCUT2D eigenvalue weighted by atomic mass is 19.1. The highest BCUT2D eigenvalue weighted by molar-refractivity contribution is 5.94. The Morgan fingerprint density at radius 1 is 1.46 bits per heavy atom. The van der Waals surface area contributed by atoms with Gasteiger partial charge in [0.25, 0.3) is 5.91 Å². The molecule has 0 saturated carbocycles. The number of carbonyl (C=O) groups is 1. The molecular formula is C9H11FN2O. The molecule has 0 heterocycles. The number of amides is 1. The lowest BCUT2D eigenvalue weighted by atomic mass is 10.1. The quantitative estimate of drug-likeness (QED) is 0.670. The van der Waals surface area contributed by atoms with Crippen molar-refractivity contribution >= 4 is 5.91 Å². The van der Waals surface area contributed by atoms with Gasteiger partial charge in [-0.1, -0.05) is 6.07 Å². The van der Waals surface area contributed by atoms with Gasteiger partial charge in [-0.25, -0.2) is 9.82 Å². The van der Waals surface area contributed by atoms with E-state index in [1.165, 1.54) is 12.1 Å². The predicted molar refractivity (Wildman–Crippen MR) is 47.7 cm³/mol. The van der Waals surface area contributed by atoms with Gasteiger partial charge in [0, 0.05) is 7.05 Å². The first-order valence-corrected chi connectivity index (χ1v) is 3.88. The third-order valence-corrected chi connectivity index (χ3v) is 1.61. The fourth-order valence-corrected chi connectivity index (χ4v) is 0.985. The van der Waals surface area contributed by atoms with E-state index in [4.69, 9.17) is 0 Å². The van der Waals surface area contributed by atoms with Crippen LogP contribution < -0.4 is 10.9 Å².